The van der Waals surface area contributed by atoms with Crippen LogP contribution in [0.2, 0.25) is 0 Å². The second kappa shape index (κ2) is 3.54. The van der Waals surface area contributed by atoms with Gasteiger partial charge in [-0.3, -0.25) is 0 Å². The molecule has 3 N–H and O–H groups in total. The van der Waals surface area contributed by atoms with Crippen molar-refractivity contribution in [3.63, 3.8) is 0 Å². The standard InChI is InChI=1S/C9H12FNO/c1-6-4-8(10)7(2-3-11)5-9(6)12/h4-5,12H,2-3,11H2,1H3. The molecule has 0 radical (unpaired) electrons. The molecular formula is C9H12FNO. The number of nitrogens with two attached hydrogens (primary N) is 1. The topological polar surface area (TPSA) is 46.2 Å². The summed E-state index contributed by atoms with van der Waals surface area (Å²) in [5.41, 5.74) is 6.29. The molecule has 0 aliphatic carbocycles. The molecule has 0 saturated heterocycles. The highest BCUT2D eigenvalue weighted by atomic mass is 19.1. The number of phenolic OH excluding ortho intramolecular Hbond substituents is 1. The summed E-state index contributed by atoms with van der Waals surface area (Å²) in [6, 6.07) is 2.75. The summed E-state index contributed by atoms with van der Waals surface area (Å²) in [5.74, 6) is -0.171. The molecule has 0 unspecified atom stereocenters. The van der Waals surface area contributed by atoms with Crippen molar-refractivity contribution in [3.05, 3.63) is 29.1 Å². The van der Waals surface area contributed by atoms with E-state index in [1.165, 1.54) is 12.1 Å². The minimum atomic E-state index is -0.296. The number of hydrogen-bond donors (Lipinski definition) is 2. The molecule has 1 aromatic carbocycles. The maximum absolute atomic E-state index is 13.1. The summed E-state index contributed by atoms with van der Waals surface area (Å²) < 4.78 is 13.1. The summed E-state index contributed by atoms with van der Waals surface area (Å²) in [6.45, 7) is 2.05. The molecule has 66 valence electrons. The molecule has 0 atom stereocenters. The first-order valence-electron chi connectivity index (χ1n) is 3.83. The second-order valence-corrected chi connectivity index (χ2v) is 2.77. The highest BCUT2D eigenvalue weighted by Gasteiger charge is 2.04. The third kappa shape index (κ3) is 1.74. The fraction of sp³-hybridized carbons (Fsp3) is 0.333. The van der Waals surface area contributed by atoms with E-state index in [1.807, 2.05) is 0 Å². The van der Waals surface area contributed by atoms with Gasteiger partial charge in [0.05, 0.1) is 0 Å². The monoisotopic (exact) mass is 169 g/mol. The zero-order valence-corrected chi connectivity index (χ0v) is 6.97. The van der Waals surface area contributed by atoms with Gasteiger partial charge in [0.25, 0.3) is 0 Å². The summed E-state index contributed by atoms with van der Waals surface area (Å²) >= 11 is 0. The van der Waals surface area contributed by atoms with Gasteiger partial charge in [0.1, 0.15) is 11.6 Å². The molecule has 3 heteroatoms. The molecule has 0 bridgehead atoms. The van der Waals surface area contributed by atoms with Crippen LogP contribution in [0.3, 0.4) is 0 Å². The van der Waals surface area contributed by atoms with Gasteiger partial charge in [0, 0.05) is 0 Å². The maximum Gasteiger partial charge on any atom is 0.126 e. The van der Waals surface area contributed by atoms with Crippen molar-refractivity contribution in [1.29, 1.82) is 0 Å². The molecule has 2 nitrogen and oxygen atoms in total. The molecule has 0 saturated carbocycles. The SMILES string of the molecule is Cc1cc(F)c(CCN)cc1O. The van der Waals surface area contributed by atoms with Gasteiger partial charge in [-0.2, -0.15) is 0 Å². The number of aryl methyl sites for hydroxylation is 1. The first-order chi connectivity index (χ1) is 5.65. The number of aromatic hydroxyl groups is 1. The van der Waals surface area contributed by atoms with Gasteiger partial charge < -0.3 is 10.8 Å². The van der Waals surface area contributed by atoms with Crippen molar-refractivity contribution in [2.24, 2.45) is 5.73 Å². The largest absolute Gasteiger partial charge is 0.508 e. The molecule has 0 aromatic heterocycles. The fourth-order valence-electron chi connectivity index (χ4n) is 1.05. The number of rotatable bonds is 2. The average molecular weight is 169 g/mol. The summed E-state index contributed by atoms with van der Waals surface area (Å²) in [6.07, 6.45) is 0.458. The van der Waals surface area contributed by atoms with Crippen molar-refractivity contribution < 1.29 is 9.50 Å². The molecule has 0 heterocycles. The van der Waals surface area contributed by atoms with Gasteiger partial charge >= 0.3 is 0 Å². The van der Waals surface area contributed by atoms with Gasteiger partial charge in [0.15, 0.2) is 0 Å². The van der Waals surface area contributed by atoms with E-state index in [0.29, 0.717) is 24.1 Å². The van der Waals surface area contributed by atoms with Crippen LogP contribution in [0.15, 0.2) is 12.1 Å². The lowest BCUT2D eigenvalue weighted by atomic mass is 10.1. The Kier molecular flexibility index (Phi) is 2.65. The van der Waals surface area contributed by atoms with Crippen LogP contribution in [0, 0.1) is 12.7 Å². The van der Waals surface area contributed by atoms with Crippen molar-refractivity contribution in [3.8, 4) is 5.75 Å². The van der Waals surface area contributed by atoms with Gasteiger partial charge in [-0.05, 0) is 43.1 Å². The highest BCUT2D eigenvalue weighted by Crippen LogP contribution is 2.20. The van der Waals surface area contributed by atoms with Gasteiger partial charge in [-0.25, -0.2) is 4.39 Å². The van der Waals surface area contributed by atoms with Crippen molar-refractivity contribution in [2.75, 3.05) is 6.54 Å². The van der Waals surface area contributed by atoms with E-state index in [1.54, 1.807) is 6.92 Å². The Hall–Kier alpha value is -1.09. The number of benzene rings is 1. The first kappa shape index (κ1) is 9.00. The predicted molar refractivity (Wildman–Crippen MR) is 45.6 cm³/mol. The Morgan fingerprint density at radius 2 is 2.17 bits per heavy atom. The Morgan fingerprint density at radius 1 is 1.50 bits per heavy atom. The van der Waals surface area contributed by atoms with E-state index in [-0.39, 0.29) is 11.6 Å². The van der Waals surface area contributed by atoms with E-state index in [4.69, 9.17) is 5.73 Å². The Bertz CT molecular complexity index is 286. The number of halogens is 1. The lowest BCUT2D eigenvalue weighted by Gasteiger charge is -2.04. The summed E-state index contributed by atoms with van der Waals surface area (Å²) in [5, 5.41) is 9.24. The molecular weight excluding hydrogens is 157 g/mol. The second-order valence-electron chi connectivity index (χ2n) is 2.77. The fourth-order valence-corrected chi connectivity index (χ4v) is 1.05. The zero-order chi connectivity index (χ0) is 9.14. The molecule has 0 amide bonds. The van der Waals surface area contributed by atoms with Crippen LogP contribution in [0.25, 0.3) is 0 Å². The van der Waals surface area contributed by atoms with Crippen LogP contribution in [-0.2, 0) is 6.42 Å². The average Bonchev–Trinajstić information content (AvgIpc) is 2.01. The van der Waals surface area contributed by atoms with Gasteiger partial charge in [0.2, 0.25) is 0 Å². The minimum absolute atomic E-state index is 0.125. The van der Waals surface area contributed by atoms with E-state index < -0.39 is 0 Å². The minimum Gasteiger partial charge on any atom is -0.508 e. The Labute approximate surface area is 70.8 Å². The number of phenols is 1. The third-order valence-electron chi connectivity index (χ3n) is 1.78. The quantitative estimate of drug-likeness (QED) is 0.701. The van der Waals surface area contributed by atoms with E-state index >= 15 is 0 Å². The molecule has 1 aromatic rings. The molecule has 0 spiro atoms. The molecule has 0 aliphatic rings. The van der Waals surface area contributed by atoms with E-state index in [9.17, 15) is 9.50 Å². The van der Waals surface area contributed by atoms with Crippen LogP contribution in [-0.4, -0.2) is 11.7 Å². The molecule has 0 aliphatic heterocycles. The van der Waals surface area contributed by atoms with Gasteiger partial charge in [-0.1, -0.05) is 0 Å². The van der Waals surface area contributed by atoms with Crippen LogP contribution in [0.1, 0.15) is 11.1 Å². The lowest BCUT2D eigenvalue weighted by Crippen LogP contribution is -2.04. The van der Waals surface area contributed by atoms with Gasteiger partial charge in [-0.15, -0.1) is 0 Å². The normalized spacial score (nSPS) is 10.2. The predicted octanol–water partition coefficient (Wildman–Crippen LogP) is 1.34. The van der Waals surface area contributed by atoms with E-state index in [0.717, 1.165) is 0 Å². The highest BCUT2D eigenvalue weighted by molar-refractivity contribution is 5.36. The zero-order valence-electron chi connectivity index (χ0n) is 6.97. The molecule has 12 heavy (non-hydrogen) atoms. The summed E-state index contributed by atoms with van der Waals surface area (Å²) in [4.78, 5) is 0. The van der Waals surface area contributed by atoms with Crippen molar-refractivity contribution in [2.45, 2.75) is 13.3 Å². The Morgan fingerprint density at radius 3 is 2.75 bits per heavy atom. The van der Waals surface area contributed by atoms with Crippen LogP contribution < -0.4 is 5.73 Å². The third-order valence-corrected chi connectivity index (χ3v) is 1.78. The molecule has 0 fully saturated rings. The van der Waals surface area contributed by atoms with Crippen LogP contribution in [0.4, 0.5) is 4.39 Å². The van der Waals surface area contributed by atoms with Crippen molar-refractivity contribution >= 4 is 0 Å². The first-order valence-corrected chi connectivity index (χ1v) is 3.83. The maximum atomic E-state index is 13.1. The van der Waals surface area contributed by atoms with Crippen molar-refractivity contribution in [1.82, 2.24) is 0 Å². The Balaban J connectivity index is 3.05. The van der Waals surface area contributed by atoms with Crippen LogP contribution >= 0.6 is 0 Å². The van der Waals surface area contributed by atoms with E-state index in [2.05, 4.69) is 0 Å². The lowest BCUT2D eigenvalue weighted by molar-refractivity contribution is 0.467. The smallest absolute Gasteiger partial charge is 0.126 e. The summed E-state index contributed by atoms with van der Waals surface area (Å²) in [7, 11) is 0. The number of hydrogen-bond acceptors (Lipinski definition) is 2. The molecule has 1 rings (SSSR count). The van der Waals surface area contributed by atoms with Crippen LogP contribution in [0.5, 0.6) is 5.75 Å².